The summed E-state index contributed by atoms with van der Waals surface area (Å²) in [6, 6.07) is 0. The molecule has 0 saturated heterocycles. The molecule has 20 heavy (non-hydrogen) atoms. The van der Waals surface area contributed by atoms with Crippen LogP contribution in [0.15, 0.2) is 12.2 Å². The second-order valence-corrected chi connectivity index (χ2v) is 8.49. The van der Waals surface area contributed by atoms with Crippen LogP contribution >= 0.6 is 0 Å². The molecule has 3 saturated carbocycles. The number of rotatable bonds is 0. The van der Waals surface area contributed by atoms with Crippen molar-refractivity contribution < 1.29 is 4.79 Å². The Bertz CT molecular complexity index is 464. The number of carbonyl (C=O) groups is 1. The zero-order valence-corrected chi connectivity index (χ0v) is 13.0. The third-order valence-corrected chi connectivity index (χ3v) is 7.92. The van der Waals surface area contributed by atoms with Crippen LogP contribution in [0.1, 0.15) is 65.2 Å². The molecule has 110 valence electrons. The number of Topliss-reactive ketones (excluding diaryl/α,β-unsaturated/α-hetero) is 1. The molecular formula is C19H28O. The molecule has 0 aromatic rings. The number of hydrogen-bond acceptors (Lipinski definition) is 1. The SMILES string of the molecule is C[C@]12CCC3[C@@H](CC[C@H]4CC=CC[C@]34C)C1CCC2=O. The third-order valence-electron chi connectivity index (χ3n) is 7.92. The van der Waals surface area contributed by atoms with Crippen LogP contribution in [0.4, 0.5) is 0 Å². The van der Waals surface area contributed by atoms with Crippen molar-refractivity contribution in [1.82, 2.24) is 0 Å². The molecule has 0 aromatic heterocycles. The predicted molar refractivity (Wildman–Crippen MR) is 81.3 cm³/mol. The summed E-state index contributed by atoms with van der Waals surface area (Å²) in [5.74, 6) is 3.92. The second-order valence-electron chi connectivity index (χ2n) is 8.49. The molecule has 4 rings (SSSR count). The topological polar surface area (TPSA) is 17.1 Å². The van der Waals surface area contributed by atoms with Gasteiger partial charge in [-0.3, -0.25) is 4.79 Å². The van der Waals surface area contributed by atoms with Gasteiger partial charge in [0.1, 0.15) is 5.78 Å². The average Bonchev–Trinajstić information content (AvgIpc) is 2.74. The van der Waals surface area contributed by atoms with Gasteiger partial charge >= 0.3 is 0 Å². The number of allylic oxidation sites excluding steroid dienone is 2. The van der Waals surface area contributed by atoms with E-state index >= 15 is 0 Å². The molecule has 3 fully saturated rings. The minimum Gasteiger partial charge on any atom is -0.299 e. The summed E-state index contributed by atoms with van der Waals surface area (Å²) in [6.07, 6.45) is 14.8. The number of fused-ring (bicyclic) bond motifs is 5. The van der Waals surface area contributed by atoms with Crippen molar-refractivity contribution in [2.75, 3.05) is 0 Å². The Kier molecular flexibility index (Phi) is 2.76. The van der Waals surface area contributed by atoms with E-state index in [1.54, 1.807) is 0 Å². The van der Waals surface area contributed by atoms with Gasteiger partial charge in [0.25, 0.3) is 0 Å². The predicted octanol–water partition coefficient (Wildman–Crippen LogP) is 4.76. The number of carbonyl (C=O) groups excluding carboxylic acids is 1. The van der Waals surface area contributed by atoms with E-state index in [-0.39, 0.29) is 5.41 Å². The summed E-state index contributed by atoms with van der Waals surface area (Å²) in [6.45, 7) is 4.86. The van der Waals surface area contributed by atoms with Crippen molar-refractivity contribution in [1.29, 1.82) is 0 Å². The lowest BCUT2D eigenvalue weighted by atomic mass is 9.46. The lowest BCUT2D eigenvalue weighted by Gasteiger charge is -2.58. The first-order valence-corrected chi connectivity index (χ1v) is 8.74. The molecule has 0 bridgehead atoms. The largest absolute Gasteiger partial charge is 0.299 e. The highest BCUT2D eigenvalue weighted by Gasteiger charge is 2.59. The maximum Gasteiger partial charge on any atom is 0.139 e. The van der Waals surface area contributed by atoms with E-state index in [1.807, 2.05) is 0 Å². The summed E-state index contributed by atoms with van der Waals surface area (Å²) in [5, 5.41) is 0. The Morgan fingerprint density at radius 1 is 1.05 bits per heavy atom. The van der Waals surface area contributed by atoms with E-state index in [2.05, 4.69) is 26.0 Å². The van der Waals surface area contributed by atoms with Crippen LogP contribution in [0.5, 0.6) is 0 Å². The highest BCUT2D eigenvalue weighted by atomic mass is 16.1. The summed E-state index contributed by atoms with van der Waals surface area (Å²) in [5.41, 5.74) is 0.583. The number of ketones is 1. The van der Waals surface area contributed by atoms with Gasteiger partial charge in [-0.15, -0.1) is 0 Å². The van der Waals surface area contributed by atoms with Crippen molar-refractivity contribution >= 4 is 5.78 Å². The van der Waals surface area contributed by atoms with E-state index < -0.39 is 0 Å². The third kappa shape index (κ3) is 1.53. The lowest BCUT2D eigenvalue weighted by molar-refractivity contribution is -0.136. The lowest BCUT2D eigenvalue weighted by Crippen LogP contribution is -2.52. The van der Waals surface area contributed by atoms with Crippen molar-refractivity contribution in [2.45, 2.75) is 65.2 Å². The Labute approximate surface area is 123 Å². The monoisotopic (exact) mass is 272 g/mol. The van der Waals surface area contributed by atoms with Crippen molar-refractivity contribution in [2.24, 2.45) is 34.5 Å². The minimum absolute atomic E-state index is 0.0505. The fraction of sp³-hybridized carbons (Fsp3) is 0.842. The molecule has 1 heteroatoms. The van der Waals surface area contributed by atoms with Gasteiger partial charge in [0.2, 0.25) is 0 Å². The van der Waals surface area contributed by atoms with Crippen LogP contribution in [0.3, 0.4) is 0 Å². The fourth-order valence-corrected chi connectivity index (χ4v) is 6.61. The van der Waals surface area contributed by atoms with Crippen LogP contribution in [0, 0.1) is 34.5 Å². The quantitative estimate of drug-likeness (QED) is 0.581. The Morgan fingerprint density at radius 2 is 1.90 bits per heavy atom. The number of hydrogen-bond donors (Lipinski definition) is 0. The minimum atomic E-state index is 0.0505. The second kappa shape index (κ2) is 4.21. The van der Waals surface area contributed by atoms with Crippen LogP contribution in [-0.4, -0.2) is 5.78 Å². The molecule has 4 aliphatic carbocycles. The van der Waals surface area contributed by atoms with E-state index in [0.717, 1.165) is 24.2 Å². The average molecular weight is 272 g/mol. The molecule has 1 nitrogen and oxygen atoms in total. The zero-order chi connectivity index (χ0) is 14.0. The molecule has 0 spiro atoms. The van der Waals surface area contributed by atoms with Crippen LogP contribution < -0.4 is 0 Å². The molecule has 0 aromatic carbocycles. The Morgan fingerprint density at radius 3 is 2.75 bits per heavy atom. The molecule has 6 atom stereocenters. The first kappa shape index (κ1) is 13.1. The molecular weight excluding hydrogens is 244 g/mol. The van der Waals surface area contributed by atoms with Crippen LogP contribution in [0.25, 0.3) is 0 Å². The molecule has 0 N–H and O–H groups in total. The van der Waals surface area contributed by atoms with Gasteiger partial charge in [-0.2, -0.15) is 0 Å². The molecule has 4 aliphatic rings. The standard InChI is InChI=1S/C19H28O/c1-18-11-4-3-5-13(18)6-7-14-15-8-9-17(20)19(15,2)12-10-16(14)18/h3-4,13-16H,5-12H2,1-2H3/t13-,14+,15?,16?,18+,19+/m1/s1. The maximum absolute atomic E-state index is 12.4. The first-order valence-electron chi connectivity index (χ1n) is 8.74. The van der Waals surface area contributed by atoms with E-state index in [4.69, 9.17) is 0 Å². The van der Waals surface area contributed by atoms with Crippen molar-refractivity contribution in [3.63, 3.8) is 0 Å². The van der Waals surface area contributed by atoms with Gasteiger partial charge in [-0.1, -0.05) is 26.0 Å². The van der Waals surface area contributed by atoms with E-state index in [0.29, 0.717) is 17.1 Å². The van der Waals surface area contributed by atoms with Gasteiger partial charge in [-0.25, -0.2) is 0 Å². The molecule has 0 amide bonds. The molecule has 0 aliphatic heterocycles. The van der Waals surface area contributed by atoms with Crippen LogP contribution in [0.2, 0.25) is 0 Å². The Hall–Kier alpha value is -0.590. The summed E-state index contributed by atoms with van der Waals surface area (Å²) >= 11 is 0. The van der Waals surface area contributed by atoms with Gasteiger partial charge in [-0.05, 0) is 74.0 Å². The van der Waals surface area contributed by atoms with Crippen LogP contribution in [-0.2, 0) is 4.79 Å². The highest BCUT2D eigenvalue weighted by molar-refractivity contribution is 5.87. The summed E-state index contributed by atoms with van der Waals surface area (Å²) in [7, 11) is 0. The Balaban J connectivity index is 1.68. The van der Waals surface area contributed by atoms with E-state index in [9.17, 15) is 4.79 Å². The first-order chi connectivity index (χ1) is 9.56. The zero-order valence-electron chi connectivity index (χ0n) is 13.0. The van der Waals surface area contributed by atoms with Crippen molar-refractivity contribution in [3.8, 4) is 0 Å². The van der Waals surface area contributed by atoms with Gasteiger partial charge in [0, 0.05) is 11.8 Å². The van der Waals surface area contributed by atoms with Crippen molar-refractivity contribution in [3.05, 3.63) is 12.2 Å². The molecule has 0 heterocycles. The van der Waals surface area contributed by atoms with Gasteiger partial charge in [0.05, 0.1) is 0 Å². The molecule has 2 unspecified atom stereocenters. The molecule has 0 radical (unpaired) electrons. The van der Waals surface area contributed by atoms with E-state index in [1.165, 1.54) is 44.9 Å². The van der Waals surface area contributed by atoms with Gasteiger partial charge < -0.3 is 0 Å². The highest BCUT2D eigenvalue weighted by Crippen LogP contribution is 2.64. The fourth-order valence-electron chi connectivity index (χ4n) is 6.61. The normalized spacial score (nSPS) is 54.2. The summed E-state index contributed by atoms with van der Waals surface area (Å²) in [4.78, 5) is 12.4. The van der Waals surface area contributed by atoms with Gasteiger partial charge in [0.15, 0.2) is 0 Å². The maximum atomic E-state index is 12.4. The summed E-state index contributed by atoms with van der Waals surface area (Å²) < 4.78 is 0. The smallest absolute Gasteiger partial charge is 0.139 e.